The average molecular weight is 477 g/mol. The van der Waals surface area contributed by atoms with Crippen molar-refractivity contribution in [2.24, 2.45) is 5.92 Å². The monoisotopic (exact) mass is 476 g/mol. The second-order valence-corrected chi connectivity index (χ2v) is 10.2. The quantitative estimate of drug-likeness (QED) is 0.162. The van der Waals surface area contributed by atoms with Crippen molar-refractivity contribution in [2.45, 2.75) is 110 Å². The van der Waals surface area contributed by atoms with Gasteiger partial charge in [0.25, 0.3) is 0 Å². The molecular formula is C30H40F4. The first-order valence-corrected chi connectivity index (χ1v) is 13.4. The molecule has 0 amide bonds. The van der Waals surface area contributed by atoms with Crippen LogP contribution in [-0.2, 0) is 0 Å². The zero-order chi connectivity index (χ0) is 24.5. The van der Waals surface area contributed by atoms with E-state index >= 15 is 0 Å². The molecule has 4 heteroatoms. The van der Waals surface area contributed by atoms with Crippen LogP contribution in [0.15, 0.2) is 24.3 Å². The van der Waals surface area contributed by atoms with Crippen molar-refractivity contribution in [3.63, 3.8) is 0 Å². The molecule has 0 spiro atoms. The molecule has 1 aliphatic rings. The number of unbranched alkanes of at least 4 members (excludes halogenated alkanes) is 8. The summed E-state index contributed by atoms with van der Waals surface area (Å²) in [6, 6.07) is 5.56. The van der Waals surface area contributed by atoms with Crippen LogP contribution in [0.1, 0.15) is 114 Å². The lowest BCUT2D eigenvalue weighted by molar-refractivity contribution is 0.301. The Bertz CT molecular complexity index is 913. The van der Waals surface area contributed by atoms with E-state index in [4.69, 9.17) is 0 Å². The van der Waals surface area contributed by atoms with Crippen LogP contribution in [0.25, 0.3) is 11.1 Å². The Morgan fingerprint density at radius 3 is 1.91 bits per heavy atom. The Kier molecular flexibility index (Phi) is 10.5. The van der Waals surface area contributed by atoms with E-state index in [0.717, 1.165) is 43.2 Å². The molecule has 1 saturated carbocycles. The third kappa shape index (κ3) is 7.09. The molecule has 0 nitrogen and oxygen atoms in total. The third-order valence-electron chi connectivity index (χ3n) is 7.71. The van der Waals surface area contributed by atoms with E-state index in [2.05, 4.69) is 6.92 Å². The summed E-state index contributed by atoms with van der Waals surface area (Å²) in [5, 5.41) is 0. The topological polar surface area (TPSA) is 0 Å². The number of rotatable bonds is 12. The molecule has 0 aliphatic heterocycles. The second-order valence-electron chi connectivity index (χ2n) is 10.2. The SMILES string of the molecule is CCCCCCCCCCCC1CCC(c2ccc(-c3cc(F)c(C)c(F)c3F)c(F)c2)CC1. The molecule has 34 heavy (non-hydrogen) atoms. The fraction of sp³-hybridized carbons (Fsp3) is 0.600. The summed E-state index contributed by atoms with van der Waals surface area (Å²) in [5.41, 5.74) is 0.0427. The second kappa shape index (κ2) is 13.3. The average Bonchev–Trinajstić information content (AvgIpc) is 2.84. The van der Waals surface area contributed by atoms with E-state index in [-0.39, 0.29) is 11.1 Å². The van der Waals surface area contributed by atoms with Gasteiger partial charge in [0, 0.05) is 16.7 Å². The zero-order valence-electron chi connectivity index (χ0n) is 20.9. The number of benzene rings is 2. The fourth-order valence-electron chi connectivity index (χ4n) is 5.41. The lowest BCUT2D eigenvalue weighted by Gasteiger charge is -2.29. The minimum Gasteiger partial charge on any atom is -0.207 e. The first-order valence-electron chi connectivity index (χ1n) is 13.4. The summed E-state index contributed by atoms with van der Waals surface area (Å²) in [7, 11) is 0. The normalized spacial score (nSPS) is 18.4. The first kappa shape index (κ1) is 26.8. The number of hydrogen-bond donors (Lipinski definition) is 0. The Morgan fingerprint density at radius 1 is 0.676 bits per heavy atom. The molecule has 0 unspecified atom stereocenters. The molecule has 1 aliphatic carbocycles. The highest BCUT2D eigenvalue weighted by Crippen LogP contribution is 2.39. The lowest BCUT2D eigenvalue weighted by atomic mass is 9.77. The molecule has 0 saturated heterocycles. The van der Waals surface area contributed by atoms with Gasteiger partial charge in [-0.25, -0.2) is 17.6 Å². The molecule has 0 atom stereocenters. The summed E-state index contributed by atoms with van der Waals surface area (Å²) >= 11 is 0. The zero-order valence-corrected chi connectivity index (χ0v) is 20.9. The summed E-state index contributed by atoms with van der Waals surface area (Å²) < 4.78 is 57.1. The summed E-state index contributed by atoms with van der Waals surface area (Å²) in [5.74, 6) is -2.92. The summed E-state index contributed by atoms with van der Waals surface area (Å²) in [6.45, 7) is 3.42. The predicted molar refractivity (Wildman–Crippen MR) is 133 cm³/mol. The molecule has 0 N–H and O–H groups in total. The van der Waals surface area contributed by atoms with Crippen LogP contribution < -0.4 is 0 Å². The van der Waals surface area contributed by atoms with Gasteiger partial charge in [-0.05, 0) is 62.1 Å². The van der Waals surface area contributed by atoms with Gasteiger partial charge in [0.05, 0.1) is 0 Å². The van der Waals surface area contributed by atoms with Gasteiger partial charge in [0.15, 0.2) is 11.6 Å². The van der Waals surface area contributed by atoms with Crippen LogP contribution in [0.3, 0.4) is 0 Å². The largest absolute Gasteiger partial charge is 0.207 e. The minimum absolute atomic E-state index is 0.0990. The van der Waals surface area contributed by atoms with E-state index in [1.165, 1.54) is 83.3 Å². The van der Waals surface area contributed by atoms with E-state index < -0.39 is 28.8 Å². The highest BCUT2D eigenvalue weighted by Gasteiger charge is 2.24. The van der Waals surface area contributed by atoms with Gasteiger partial charge in [0.1, 0.15) is 11.6 Å². The highest BCUT2D eigenvalue weighted by atomic mass is 19.2. The summed E-state index contributed by atoms with van der Waals surface area (Å²) in [6.07, 6.45) is 17.8. The van der Waals surface area contributed by atoms with Crippen LogP contribution in [0.4, 0.5) is 17.6 Å². The van der Waals surface area contributed by atoms with E-state index in [9.17, 15) is 17.6 Å². The van der Waals surface area contributed by atoms with Crippen LogP contribution in [0, 0.1) is 36.1 Å². The summed E-state index contributed by atoms with van der Waals surface area (Å²) in [4.78, 5) is 0. The molecule has 1 fully saturated rings. The van der Waals surface area contributed by atoms with Gasteiger partial charge in [-0.3, -0.25) is 0 Å². The molecule has 0 aromatic heterocycles. The maximum Gasteiger partial charge on any atom is 0.167 e. The number of halogens is 4. The number of hydrogen-bond acceptors (Lipinski definition) is 0. The molecule has 2 aromatic carbocycles. The van der Waals surface area contributed by atoms with Crippen molar-refractivity contribution in [3.8, 4) is 11.1 Å². The highest BCUT2D eigenvalue weighted by molar-refractivity contribution is 5.66. The molecule has 0 heterocycles. The lowest BCUT2D eigenvalue weighted by Crippen LogP contribution is -2.13. The first-order chi connectivity index (χ1) is 16.4. The maximum absolute atomic E-state index is 14.9. The van der Waals surface area contributed by atoms with Gasteiger partial charge in [-0.1, -0.05) is 83.3 Å². The van der Waals surface area contributed by atoms with Crippen molar-refractivity contribution >= 4 is 0 Å². The van der Waals surface area contributed by atoms with Gasteiger partial charge in [-0.15, -0.1) is 0 Å². The Morgan fingerprint density at radius 2 is 1.29 bits per heavy atom. The van der Waals surface area contributed by atoms with E-state index in [0.29, 0.717) is 5.92 Å². The smallest absolute Gasteiger partial charge is 0.167 e. The molecule has 3 rings (SSSR count). The van der Waals surface area contributed by atoms with Crippen molar-refractivity contribution < 1.29 is 17.6 Å². The standard InChI is InChI=1S/C30H40F4/c1-3-4-5-6-7-8-9-10-11-12-22-13-15-23(16-14-22)24-17-18-25(28(32)19-24)26-20-27(31)21(2)29(33)30(26)34/h17-20,22-23H,3-16H2,1-2H3. The molecule has 188 valence electrons. The van der Waals surface area contributed by atoms with Gasteiger partial charge in [-0.2, -0.15) is 0 Å². The maximum atomic E-state index is 14.9. The third-order valence-corrected chi connectivity index (χ3v) is 7.71. The molecule has 0 radical (unpaired) electrons. The minimum atomic E-state index is -1.26. The van der Waals surface area contributed by atoms with E-state index in [1.54, 1.807) is 6.07 Å². The van der Waals surface area contributed by atoms with Crippen LogP contribution in [-0.4, -0.2) is 0 Å². The Hall–Kier alpha value is -1.84. The van der Waals surface area contributed by atoms with Crippen LogP contribution in [0.2, 0.25) is 0 Å². The Balaban J connectivity index is 1.45. The predicted octanol–water partition coefficient (Wildman–Crippen LogP) is 10.4. The van der Waals surface area contributed by atoms with Crippen LogP contribution >= 0.6 is 0 Å². The van der Waals surface area contributed by atoms with Crippen molar-refractivity contribution in [1.82, 2.24) is 0 Å². The van der Waals surface area contributed by atoms with Crippen molar-refractivity contribution in [1.29, 1.82) is 0 Å². The molecular weight excluding hydrogens is 436 g/mol. The Labute approximate surface area is 203 Å². The van der Waals surface area contributed by atoms with Gasteiger partial charge >= 0.3 is 0 Å². The van der Waals surface area contributed by atoms with Gasteiger partial charge in [0.2, 0.25) is 0 Å². The van der Waals surface area contributed by atoms with Crippen molar-refractivity contribution in [3.05, 3.63) is 58.7 Å². The van der Waals surface area contributed by atoms with Gasteiger partial charge < -0.3 is 0 Å². The fourth-order valence-corrected chi connectivity index (χ4v) is 5.41. The van der Waals surface area contributed by atoms with Crippen LogP contribution in [0.5, 0.6) is 0 Å². The van der Waals surface area contributed by atoms with E-state index in [1.807, 2.05) is 0 Å². The van der Waals surface area contributed by atoms with Crippen molar-refractivity contribution in [2.75, 3.05) is 0 Å². The molecule has 2 aromatic rings. The molecule has 0 bridgehead atoms.